The molecule has 1 N–H and O–H groups in total. The fraction of sp³-hybridized carbons (Fsp3) is 0.250. The minimum atomic E-state index is 0.416. The van der Waals surface area contributed by atoms with Crippen molar-refractivity contribution in [3.63, 3.8) is 0 Å². The van der Waals surface area contributed by atoms with Crippen molar-refractivity contribution in [2.45, 2.75) is 26.2 Å². The molecule has 88 valence electrons. The molecule has 2 aromatic carbocycles. The van der Waals surface area contributed by atoms with E-state index in [1.165, 1.54) is 5.56 Å². The van der Waals surface area contributed by atoms with E-state index in [9.17, 15) is 5.11 Å². The van der Waals surface area contributed by atoms with E-state index >= 15 is 0 Å². The maximum atomic E-state index is 9.98. The largest absolute Gasteiger partial charge is 0.508 e. The van der Waals surface area contributed by atoms with Gasteiger partial charge in [-0.25, -0.2) is 0 Å². The summed E-state index contributed by atoms with van der Waals surface area (Å²) in [5.41, 5.74) is 3.40. The molecule has 17 heavy (non-hydrogen) atoms. The molecule has 1 nitrogen and oxygen atoms in total. The van der Waals surface area contributed by atoms with Crippen LogP contribution < -0.4 is 0 Å². The Morgan fingerprint density at radius 3 is 2.41 bits per heavy atom. The maximum absolute atomic E-state index is 9.98. The van der Waals surface area contributed by atoms with E-state index in [1.807, 2.05) is 24.3 Å². The standard InChI is InChI=1S/C16H18O/c1-2-3-10-15-14(11-7-12-16(15)17)13-8-5-4-6-9-13/h4-9,11-12,17H,2-3,10H2,1H3. The van der Waals surface area contributed by atoms with Crippen LogP contribution in [0.2, 0.25) is 0 Å². The van der Waals surface area contributed by atoms with Crippen molar-refractivity contribution in [1.29, 1.82) is 0 Å². The van der Waals surface area contributed by atoms with Crippen molar-refractivity contribution >= 4 is 0 Å². The zero-order chi connectivity index (χ0) is 12.1. The van der Waals surface area contributed by atoms with Gasteiger partial charge in [-0.15, -0.1) is 0 Å². The molecule has 0 fully saturated rings. The third kappa shape index (κ3) is 2.68. The van der Waals surface area contributed by atoms with Crippen LogP contribution in [0.5, 0.6) is 5.75 Å². The van der Waals surface area contributed by atoms with E-state index in [1.54, 1.807) is 6.07 Å². The van der Waals surface area contributed by atoms with Crippen molar-refractivity contribution in [3.05, 3.63) is 54.1 Å². The number of hydrogen-bond donors (Lipinski definition) is 1. The van der Waals surface area contributed by atoms with E-state index in [0.29, 0.717) is 5.75 Å². The van der Waals surface area contributed by atoms with Crippen molar-refractivity contribution in [2.24, 2.45) is 0 Å². The van der Waals surface area contributed by atoms with Gasteiger partial charge in [0.2, 0.25) is 0 Å². The molecular formula is C16H18O. The first kappa shape index (κ1) is 11.7. The highest BCUT2D eigenvalue weighted by atomic mass is 16.3. The lowest BCUT2D eigenvalue weighted by atomic mass is 9.95. The number of rotatable bonds is 4. The lowest BCUT2D eigenvalue weighted by molar-refractivity contribution is 0.467. The predicted octanol–water partition coefficient (Wildman–Crippen LogP) is 4.40. The molecule has 0 aliphatic heterocycles. The molecule has 0 bridgehead atoms. The molecule has 0 amide bonds. The first-order valence-corrected chi connectivity index (χ1v) is 6.19. The van der Waals surface area contributed by atoms with Gasteiger partial charge in [-0.3, -0.25) is 0 Å². The normalized spacial score (nSPS) is 10.4. The third-order valence-electron chi connectivity index (χ3n) is 3.02. The van der Waals surface area contributed by atoms with Crippen LogP contribution in [-0.4, -0.2) is 5.11 Å². The molecule has 0 saturated heterocycles. The monoisotopic (exact) mass is 226 g/mol. The molecule has 2 aromatic rings. The van der Waals surface area contributed by atoms with Crippen LogP contribution in [0.25, 0.3) is 11.1 Å². The molecule has 0 atom stereocenters. The lowest BCUT2D eigenvalue weighted by Crippen LogP contribution is -1.91. The molecule has 0 unspecified atom stereocenters. The van der Waals surface area contributed by atoms with Crippen molar-refractivity contribution in [3.8, 4) is 16.9 Å². The molecule has 0 heterocycles. The average Bonchev–Trinajstić information content (AvgIpc) is 2.38. The number of phenolic OH excluding ortho intramolecular Hbond substituents is 1. The second kappa shape index (κ2) is 5.53. The zero-order valence-corrected chi connectivity index (χ0v) is 10.2. The Bertz CT molecular complexity index is 474. The Labute approximate surface area is 103 Å². The number of hydrogen-bond acceptors (Lipinski definition) is 1. The highest BCUT2D eigenvalue weighted by Gasteiger charge is 2.08. The van der Waals surface area contributed by atoms with Crippen LogP contribution >= 0.6 is 0 Å². The van der Waals surface area contributed by atoms with Crippen LogP contribution in [0.15, 0.2) is 48.5 Å². The van der Waals surface area contributed by atoms with E-state index in [2.05, 4.69) is 25.1 Å². The summed E-state index contributed by atoms with van der Waals surface area (Å²) in [7, 11) is 0. The molecule has 0 radical (unpaired) electrons. The number of benzene rings is 2. The Balaban J connectivity index is 2.43. The van der Waals surface area contributed by atoms with Crippen LogP contribution in [0.3, 0.4) is 0 Å². The summed E-state index contributed by atoms with van der Waals surface area (Å²) >= 11 is 0. The summed E-state index contributed by atoms with van der Waals surface area (Å²) in [6.45, 7) is 2.17. The molecule has 0 aromatic heterocycles. The van der Waals surface area contributed by atoms with Crippen molar-refractivity contribution in [2.75, 3.05) is 0 Å². The average molecular weight is 226 g/mol. The zero-order valence-electron chi connectivity index (χ0n) is 10.2. The highest BCUT2D eigenvalue weighted by Crippen LogP contribution is 2.31. The fourth-order valence-corrected chi connectivity index (χ4v) is 2.08. The SMILES string of the molecule is CCCCc1c(O)cccc1-c1ccccc1. The Kier molecular flexibility index (Phi) is 3.81. The minimum Gasteiger partial charge on any atom is -0.508 e. The van der Waals surface area contributed by atoms with E-state index < -0.39 is 0 Å². The van der Waals surface area contributed by atoms with Crippen molar-refractivity contribution in [1.82, 2.24) is 0 Å². The van der Waals surface area contributed by atoms with Crippen LogP contribution in [0.1, 0.15) is 25.3 Å². The topological polar surface area (TPSA) is 20.2 Å². The number of unbranched alkanes of at least 4 members (excludes halogenated alkanes) is 1. The Morgan fingerprint density at radius 2 is 1.71 bits per heavy atom. The summed E-state index contributed by atoms with van der Waals surface area (Å²) in [5.74, 6) is 0.416. The van der Waals surface area contributed by atoms with Crippen LogP contribution in [0.4, 0.5) is 0 Å². The first-order chi connectivity index (χ1) is 8.33. The van der Waals surface area contributed by atoms with Gasteiger partial charge in [0.15, 0.2) is 0 Å². The summed E-state index contributed by atoms with van der Waals surface area (Å²) < 4.78 is 0. The lowest BCUT2D eigenvalue weighted by Gasteiger charge is -2.11. The van der Waals surface area contributed by atoms with E-state index in [-0.39, 0.29) is 0 Å². The second-order valence-electron chi connectivity index (χ2n) is 4.27. The van der Waals surface area contributed by atoms with E-state index in [4.69, 9.17) is 0 Å². The van der Waals surface area contributed by atoms with E-state index in [0.717, 1.165) is 30.4 Å². The molecule has 0 aliphatic carbocycles. The van der Waals surface area contributed by atoms with Crippen LogP contribution in [0, 0.1) is 0 Å². The third-order valence-corrected chi connectivity index (χ3v) is 3.02. The predicted molar refractivity (Wildman–Crippen MR) is 72.2 cm³/mol. The molecule has 0 saturated carbocycles. The summed E-state index contributed by atoms with van der Waals surface area (Å²) in [5, 5.41) is 9.98. The van der Waals surface area contributed by atoms with Gasteiger partial charge in [-0.05, 0) is 30.0 Å². The summed E-state index contributed by atoms with van der Waals surface area (Å²) in [6.07, 6.45) is 3.19. The van der Waals surface area contributed by atoms with Gasteiger partial charge in [0.25, 0.3) is 0 Å². The summed E-state index contributed by atoms with van der Waals surface area (Å²) in [6, 6.07) is 16.0. The van der Waals surface area contributed by atoms with Crippen molar-refractivity contribution < 1.29 is 5.11 Å². The van der Waals surface area contributed by atoms with Gasteiger partial charge in [-0.2, -0.15) is 0 Å². The molecular weight excluding hydrogens is 208 g/mol. The molecule has 2 rings (SSSR count). The number of aromatic hydroxyl groups is 1. The van der Waals surface area contributed by atoms with Gasteiger partial charge in [0, 0.05) is 5.56 Å². The highest BCUT2D eigenvalue weighted by molar-refractivity contribution is 5.69. The van der Waals surface area contributed by atoms with Gasteiger partial charge in [0.1, 0.15) is 5.75 Å². The minimum absolute atomic E-state index is 0.416. The first-order valence-electron chi connectivity index (χ1n) is 6.19. The smallest absolute Gasteiger partial charge is 0.119 e. The molecule has 0 spiro atoms. The Hall–Kier alpha value is -1.76. The second-order valence-corrected chi connectivity index (χ2v) is 4.27. The number of phenols is 1. The molecule has 1 heteroatoms. The van der Waals surface area contributed by atoms with Gasteiger partial charge in [-0.1, -0.05) is 55.8 Å². The molecule has 0 aliphatic rings. The quantitative estimate of drug-likeness (QED) is 0.819. The van der Waals surface area contributed by atoms with Gasteiger partial charge < -0.3 is 5.11 Å². The summed E-state index contributed by atoms with van der Waals surface area (Å²) in [4.78, 5) is 0. The van der Waals surface area contributed by atoms with Gasteiger partial charge >= 0.3 is 0 Å². The maximum Gasteiger partial charge on any atom is 0.119 e. The van der Waals surface area contributed by atoms with Crippen LogP contribution in [-0.2, 0) is 6.42 Å². The Morgan fingerprint density at radius 1 is 0.941 bits per heavy atom. The fourth-order valence-electron chi connectivity index (χ4n) is 2.08. The van der Waals surface area contributed by atoms with Gasteiger partial charge in [0.05, 0.1) is 0 Å².